The van der Waals surface area contributed by atoms with E-state index in [-0.39, 0.29) is 11.9 Å². The highest BCUT2D eigenvalue weighted by Gasteiger charge is 2.28. The number of carbonyl (C=O) groups excluding carboxylic acids is 1. The van der Waals surface area contributed by atoms with Gasteiger partial charge in [0, 0.05) is 24.0 Å². The molecule has 1 aliphatic rings. The fourth-order valence-corrected chi connectivity index (χ4v) is 4.43. The lowest BCUT2D eigenvalue weighted by atomic mass is 10.0. The third-order valence-electron chi connectivity index (χ3n) is 5.86. The molecule has 146 valence electrons. The van der Waals surface area contributed by atoms with Crippen LogP contribution in [0.4, 0.5) is 0 Å². The molecular weight excluding hydrogens is 334 g/mol. The molecule has 0 bridgehead atoms. The SMILES string of the molecule is CCCN(C(=O)c1cc(C)n(C(C)c2ccccc2)c1C)C1CCNCC1. The molecule has 1 unspecified atom stereocenters. The number of aromatic nitrogens is 1. The summed E-state index contributed by atoms with van der Waals surface area (Å²) in [6.07, 6.45) is 3.09. The number of carbonyl (C=O) groups is 1. The van der Waals surface area contributed by atoms with Crippen LogP contribution in [0.5, 0.6) is 0 Å². The normalized spacial score (nSPS) is 16.3. The fraction of sp³-hybridized carbons (Fsp3) is 0.522. The fourth-order valence-electron chi connectivity index (χ4n) is 4.43. The highest BCUT2D eigenvalue weighted by Crippen LogP contribution is 2.27. The van der Waals surface area contributed by atoms with Gasteiger partial charge in [-0.05, 0) is 64.8 Å². The van der Waals surface area contributed by atoms with Gasteiger partial charge in [-0.25, -0.2) is 0 Å². The number of aryl methyl sites for hydroxylation is 1. The number of nitrogens with zero attached hydrogens (tertiary/aromatic N) is 2. The largest absolute Gasteiger partial charge is 0.341 e. The number of nitrogens with one attached hydrogen (secondary N) is 1. The lowest BCUT2D eigenvalue weighted by Gasteiger charge is -2.34. The minimum Gasteiger partial charge on any atom is -0.341 e. The van der Waals surface area contributed by atoms with Gasteiger partial charge in [0.2, 0.25) is 0 Å². The monoisotopic (exact) mass is 367 g/mol. The van der Waals surface area contributed by atoms with Crippen LogP contribution in [0.25, 0.3) is 0 Å². The van der Waals surface area contributed by atoms with Crippen LogP contribution < -0.4 is 5.32 Å². The Morgan fingerprint density at radius 2 is 1.89 bits per heavy atom. The summed E-state index contributed by atoms with van der Waals surface area (Å²) in [5, 5.41) is 3.41. The second kappa shape index (κ2) is 8.75. The van der Waals surface area contributed by atoms with E-state index in [9.17, 15) is 4.79 Å². The summed E-state index contributed by atoms with van der Waals surface area (Å²) in [4.78, 5) is 15.6. The number of benzene rings is 1. The Labute approximate surface area is 163 Å². The van der Waals surface area contributed by atoms with E-state index in [2.05, 4.69) is 72.8 Å². The maximum Gasteiger partial charge on any atom is 0.255 e. The Morgan fingerprint density at radius 1 is 1.22 bits per heavy atom. The number of hydrogen-bond acceptors (Lipinski definition) is 2. The van der Waals surface area contributed by atoms with Crippen LogP contribution in [0.15, 0.2) is 36.4 Å². The van der Waals surface area contributed by atoms with Crippen molar-refractivity contribution < 1.29 is 4.79 Å². The molecule has 1 N–H and O–H groups in total. The molecule has 1 saturated heterocycles. The summed E-state index contributed by atoms with van der Waals surface area (Å²) in [7, 11) is 0. The quantitative estimate of drug-likeness (QED) is 0.826. The van der Waals surface area contributed by atoms with Crippen molar-refractivity contribution in [1.82, 2.24) is 14.8 Å². The zero-order valence-electron chi connectivity index (χ0n) is 17.2. The minimum absolute atomic E-state index is 0.198. The summed E-state index contributed by atoms with van der Waals surface area (Å²) in [5.41, 5.74) is 4.35. The molecule has 0 aliphatic carbocycles. The predicted octanol–water partition coefficient (Wildman–Crippen LogP) is 4.32. The van der Waals surface area contributed by atoms with Crippen molar-refractivity contribution in [2.24, 2.45) is 0 Å². The number of rotatable bonds is 6. The van der Waals surface area contributed by atoms with Gasteiger partial charge in [0.05, 0.1) is 11.6 Å². The molecule has 4 nitrogen and oxygen atoms in total. The first kappa shape index (κ1) is 19.7. The summed E-state index contributed by atoms with van der Waals surface area (Å²) in [6.45, 7) is 11.4. The molecule has 2 heterocycles. The maximum absolute atomic E-state index is 13.5. The van der Waals surface area contributed by atoms with E-state index < -0.39 is 0 Å². The topological polar surface area (TPSA) is 37.3 Å². The third-order valence-corrected chi connectivity index (χ3v) is 5.86. The number of amides is 1. The van der Waals surface area contributed by atoms with Gasteiger partial charge in [0.25, 0.3) is 5.91 Å². The molecule has 3 rings (SSSR count). The van der Waals surface area contributed by atoms with Crippen LogP contribution in [-0.2, 0) is 0 Å². The van der Waals surface area contributed by atoms with E-state index >= 15 is 0 Å². The van der Waals surface area contributed by atoms with E-state index in [4.69, 9.17) is 0 Å². The molecule has 0 spiro atoms. The molecule has 1 aromatic heterocycles. The van der Waals surface area contributed by atoms with Gasteiger partial charge in [-0.15, -0.1) is 0 Å². The molecule has 1 aromatic carbocycles. The van der Waals surface area contributed by atoms with Crippen molar-refractivity contribution in [1.29, 1.82) is 0 Å². The Kier molecular flexibility index (Phi) is 6.38. The number of piperidine rings is 1. The summed E-state index contributed by atoms with van der Waals surface area (Å²) in [6, 6.07) is 13.2. The van der Waals surface area contributed by atoms with E-state index in [1.165, 1.54) is 5.56 Å². The first-order valence-electron chi connectivity index (χ1n) is 10.3. The summed E-state index contributed by atoms with van der Waals surface area (Å²) >= 11 is 0. The summed E-state index contributed by atoms with van der Waals surface area (Å²) in [5.74, 6) is 0.198. The molecule has 2 aromatic rings. The van der Waals surface area contributed by atoms with Gasteiger partial charge in [-0.3, -0.25) is 4.79 Å². The van der Waals surface area contributed by atoms with Gasteiger partial charge in [0.15, 0.2) is 0 Å². The van der Waals surface area contributed by atoms with E-state index in [1.807, 2.05) is 6.07 Å². The second-order valence-corrected chi connectivity index (χ2v) is 7.72. The Morgan fingerprint density at radius 3 is 2.52 bits per heavy atom. The molecule has 4 heteroatoms. The van der Waals surface area contributed by atoms with Crippen molar-refractivity contribution in [2.45, 2.75) is 59.0 Å². The molecular formula is C23H33N3O. The van der Waals surface area contributed by atoms with Crippen LogP contribution >= 0.6 is 0 Å². The van der Waals surface area contributed by atoms with E-state index in [0.717, 1.165) is 55.8 Å². The Hall–Kier alpha value is -2.07. The molecule has 27 heavy (non-hydrogen) atoms. The standard InChI is InChI=1S/C23H33N3O/c1-5-15-25(21-11-13-24-14-12-21)23(27)22-16-17(2)26(19(22)4)18(3)20-9-7-6-8-10-20/h6-10,16,18,21,24H,5,11-15H2,1-4H3. The average molecular weight is 368 g/mol. The molecule has 0 saturated carbocycles. The highest BCUT2D eigenvalue weighted by atomic mass is 16.2. The second-order valence-electron chi connectivity index (χ2n) is 7.72. The average Bonchev–Trinajstić information content (AvgIpc) is 3.00. The minimum atomic E-state index is 0.198. The van der Waals surface area contributed by atoms with Crippen molar-refractivity contribution in [3.63, 3.8) is 0 Å². The first-order chi connectivity index (χ1) is 13.0. The van der Waals surface area contributed by atoms with Crippen LogP contribution in [0.3, 0.4) is 0 Å². The molecule has 1 atom stereocenters. The van der Waals surface area contributed by atoms with Gasteiger partial charge in [-0.2, -0.15) is 0 Å². The van der Waals surface area contributed by atoms with Crippen molar-refractivity contribution in [3.8, 4) is 0 Å². The van der Waals surface area contributed by atoms with Gasteiger partial charge < -0.3 is 14.8 Å². The lowest BCUT2D eigenvalue weighted by Crippen LogP contribution is -2.46. The van der Waals surface area contributed by atoms with Crippen molar-refractivity contribution >= 4 is 5.91 Å². The van der Waals surface area contributed by atoms with Crippen LogP contribution in [0.2, 0.25) is 0 Å². The molecule has 1 amide bonds. The highest BCUT2D eigenvalue weighted by molar-refractivity contribution is 5.96. The lowest BCUT2D eigenvalue weighted by molar-refractivity contribution is 0.0641. The third kappa shape index (κ3) is 4.11. The first-order valence-corrected chi connectivity index (χ1v) is 10.3. The maximum atomic E-state index is 13.5. The van der Waals surface area contributed by atoms with Gasteiger partial charge in [-0.1, -0.05) is 37.3 Å². The van der Waals surface area contributed by atoms with Crippen LogP contribution in [0.1, 0.15) is 66.5 Å². The summed E-state index contributed by atoms with van der Waals surface area (Å²) < 4.78 is 2.30. The van der Waals surface area contributed by atoms with Crippen molar-refractivity contribution in [2.75, 3.05) is 19.6 Å². The molecule has 1 fully saturated rings. The van der Waals surface area contributed by atoms with Gasteiger partial charge >= 0.3 is 0 Å². The van der Waals surface area contributed by atoms with Crippen molar-refractivity contribution in [3.05, 3.63) is 58.9 Å². The molecule has 0 radical (unpaired) electrons. The smallest absolute Gasteiger partial charge is 0.255 e. The van der Waals surface area contributed by atoms with Gasteiger partial charge in [0.1, 0.15) is 0 Å². The predicted molar refractivity (Wildman–Crippen MR) is 111 cm³/mol. The van der Waals surface area contributed by atoms with E-state index in [1.54, 1.807) is 0 Å². The Balaban J connectivity index is 1.90. The number of hydrogen-bond donors (Lipinski definition) is 1. The molecule has 1 aliphatic heterocycles. The van der Waals surface area contributed by atoms with Crippen LogP contribution in [-0.4, -0.2) is 41.1 Å². The zero-order valence-corrected chi connectivity index (χ0v) is 17.2. The Bertz CT molecular complexity index is 759. The van der Waals surface area contributed by atoms with E-state index in [0.29, 0.717) is 6.04 Å². The zero-order chi connectivity index (χ0) is 19.4. The van der Waals surface area contributed by atoms with Crippen LogP contribution in [0, 0.1) is 13.8 Å².